The van der Waals surface area contributed by atoms with Crippen LogP contribution >= 0.6 is 0 Å². The second-order valence-electron chi connectivity index (χ2n) is 7.01. The highest BCUT2D eigenvalue weighted by molar-refractivity contribution is 7.92. The molecular weight excluding hydrogens is 360 g/mol. The van der Waals surface area contributed by atoms with Crippen LogP contribution in [0.1, 0.15) is 35.6 Å². The summed E-state index contributed by atoms with van der Waals surface area (Å²) in [6, 6.07) is 10.5. The molecule has 5 nitrogen and oxygen atoms in total. The molecule has 0 bridgehead atoms. The number of nitrogens with zero attached hydrogens (tertiary/aromatic N) is 1. The summed E-state index contributed by atoms with van der Waals surface area (Å²) >= 11 is 0. The van der Waals surface area contributed by atoms with Crippen LogP contribution in [0.5, 0.6) is 0 Å². The minimum atomic E-state index is -3.65. The quantitative estimate of drug-likeness (QED) is 0.810. The molecule has 0 heterocycles. The van der Waals surface area contributed by atoms with Gasteiger partial charge in [-0.25, -0.2) is 8.42 Å². The van der Waals surface area contributed by atoms with Crippen LogP contribution in [-0.4, -0.2) is 26.6 Å². The van der Waals surface area contributed by atoms with E-state index in [0.717, 1.165) is 28.5 Å². The first kappa shape index (κ1) is 21.0. The van der Waals surface area contributed by atoms with E-state index in [1.54, 1.807) is 0 Å². The molecule has 0 saturated carbocycles. The number of benzene rings is 2. The highest BCUT2D eigenvalue weighted by atomic mass is 32.2. The summed E-state index contributed by atoms with van der Waals surface area (Å²) in [6.07, 6.45) is 1.50. The third-order valence-electron chi connectivity index (χ3n) is 4.79. The summed E-state index contributed by atoms with van der Waals surface area (Å²) in [4.78, 5) is 13.0. The lowest BCUT2D eigenvalue weighted by atomic mass is 10.1. The third kappa shape index (κ3) is 4.69. The van der Waals surface area contributed by atoms with Crippen molar-refractivity contribution in [1.29, 1.82) is 0 Å². The van der Waals surface area contributed by atoms with Gasteiger partial charge < -0.3 is 5.32 Å². The predicted octanol–water partition coefficient (Wildman–Crippen LogP) is 4.10. The van der Waals surface area contributed by atoms with E-state index in [1.807, 2.05) is 71.0 Å². The summed E-state index contributed by atoms with van der Waals surface area (Å²) in [5.41, 5.74) is 5.03. The molecule has 2 aromatic carbocycles. The molecular formula is C21H28N2O3S. The molecule has 146 valence electrons. The lowest BCUT2D eigenvalue weighted by Crippen LogP contribution is -2.47. The smallest absolute Gasteiger partial charge is 0.248 e. The molecule has 0 radical (unpaired) electrons. The Morgan fingerprint density at radius 3 is 2.33 bits per heavy atom. The molecule has 1 amide bonds. The molecule has 0 unspecified atom stereocenters. The first-order valence-electron chi connectivity index (χ1n) is 9.00. The van der Waals surface area contributed by atoms with Crippen LogP contribution in [0.15, 0.2) is 36.4 Å². The number of hydrogen-bond acceptors (Lipinski definition) is 3. The monoisotopic (exact) mass is 388 g/mol. The lowest BCUT2D eigenvalue weighted by molar-refractivity contribution is -0.117. The minimum Gasteiger partial charge on any atom is -0.324 e. The average Bonchev–Trinajstić information content (AvgIpc) is 2.58. The first-order valence-corrected chi connectivity index (χ1v) is 10.8. The van der Waals surface area contributed by atoms with Crippen molar-refractivity contribution in [1.82, 2.24) is 0 Å². The molecule has 1 atom stereocenters. The zero-order valence-corrected chi connectivity index (χ0v) is 17.6. The van der Waals surface area contributed by atoms with Crippen LogP contribution in [0.2, 0.25) is 0 Å². The van der Waals surface area contributed by atoms with Crippen molar-refractivity contribution in [2.24, 2.45) is 0 Å². The Morgan fingerprint density at radius 2 is 1.74 bits per heavy atom. The van der Waals surface area contributed by atoms with Crippen LogP contribution in [0.25, 0.3) is 0 Å². The Balaban J connectivity index is 2.48. The number of sulfonamides is 1. The number of rotatable bonds is 6. The van der Waals surface area contributed by atoms with Crippen LogP contribution in [-0.2, 0) is 14.8 Å². The zero-order valence-electron chi connectivity index (χ0n) is 16.8. The molecule has 1 N–H and O–H groups in total. The molecule has 0 aliphatic heterocycles. The van der Waals surface area contributed by atoms with Crippen molar-refractivity contribution >= 4 is 27.3 Å². The van der Waals surface area contributed by atoms with Crippen molar-refractivity contribution in [3.63, 3.8) is 0 Å². The van der Waals surface area contributed by atoms with Crippen molar-refractivity contribution in [3.05, 3.63) is 58.7 Å². The molecule has 27 heavy (non-hydrogen) atoms. The fourth-order valence-electron chi connectivity index (χ4n) is 3.09. The molecule has 0 aliphatic carbocycles. The van der Waals surface area contributed by atoms with Gasteiger partial charge in [-0.15, -0.1) is 0 Å². The van der Waals surface area contributed by atoms with E-state index in [2.05, 4.69) is 5.32 Å². The first-order chi connectivity index (χ1) is 12.6. The van der Waals surface area contributed by atoms with Crippen LogP contribution in [0.4, 0.5) is 11.4 Å². The van der Waals surface area contributed by atoms with Gasteiger partial charge in [0.15, 0.2) is 0 Å². The molecule has 0 spiro atoms. The zero-order chi connectivity index (χ0) is 20.4. The molecule has 6 heteroatoms. The average molecular weight is 389 g/mol. The topological polar surface area (TPSA) is 66.5 Å². The maximum absolute atomic E-state index is 13.0. The summed E-state index contributed by atoms with van der Waals surface area (Å²) < 4.78 is 26.5. The summed E-state index contributed by atoms with van der Waals surface area (Å²) in [6.45, 7) is 9.48. The van der Waals surface area contributed by atoms with E-state index in [1.165, 1.54) is 4.31 Å². The largest absolute Gasteiger partial charge is 0.324 e. The van der Waals surface area contributed by atoms with Gasteiger partial charge in [0, 0.05) is 5.69 Å². The van der Waals surface area contributed by atoms with Gasteiger partial charge >= 0.3 is 0 Å². The predicted molar refractivity (Wildman–Crippen MR) is 112 cm³/mol. The van der Waals surface area contributed by atoms with Gasteiger partial charge in [-0.05, 0) is 68.5 Å². The SMILES string of the molecule is CC[C@@H](C(=O)Nc1cccc(C)c1C)N(c1cc(C)ccc1C)S(C)(=O)=O. The number of carbonyl (C=O) groups excluding carboxylic acids is 1. The second-order valence-corrected chi connectivity index (χ2v) is 8.87. The molecule has 2 rings (SSSR count). The van der Waals surface area contributed by atoms with E-state index in [4.69, 9.17) is 0 Å². The van der Waals surface area contributed by atoms with E-state index in [-0.39, 0.29) is 5.91 Å². The van der Waals surface area contributed by atoms with Crippen LogP contribution in [0.3, 0.4) is 0 Å². The van der Waals surface area contributed by atoms with Gasteiger partial charge in [0.1, 0.15) is 6.04 Å². The van der Waals surface area contributed by atoms with Gasteiger partial charge in [0.2, 0.25) is 15.9 Å². The molecule has 0 fully saturated rings. The molecule has 0 saturated heterocycles. The highest BCUT2D eigenvalue weighted by Gasteiger charge is 2.32. The van der Waals surface area contributed by atoms with E-state index >= 15 is 0 Å². The number of amides is 1. The van der Waals surface area contributed by atoms with E-state index in [0.29, 0.717) is 17.8 Å². The van der Waals surface area contributed by atoms with Crippen LogP contribution < -0.4 is 9.62 Å². The summed E-state index contributed by atoms with van der Waals surface area (Å²) in [5, 5.41) is 2.91. The number of nitrogens with one attached hydrogen (secondary N) is 1. The van der Waals surface area contributed by atoms with Crippen LogP contribution in [0, 0.1) is 27.7 Å². The minimum absolute atomic E-state index is 0.336. The fraction of sp³-hybridized carbons (Fsp3) is 0.381. The molecule has 0 aliphatic rings. The fourth-order valence-corrected chi connectivity index (χ4v) is 4.36. The van der Waals surface area contributed by atoms with E-state index in [9.17, 15) is 13.2 Å². The Morgan fingerprint density at radius 1 is 1.07 bits per heavy atom. The van der Waals surface area contributed by atoms with Gasteiger partial charge in [0.25, 0.3) is 0 Å². The van der Waals surface area contributed by atoms with Crippen molar-refractivity contribution in [3.8, 4) is 0 Å². The summed E-state index contributed by atoms with van der Waals surface area (Å²) in [5.74, 6) is -0.336. The summed E-state index contributed by atoms with van der Waals surface area (Å²) in [7, 11) is -3.65. The standard InChI is InChI=1S/C21H28N2O3S/c1-7-19(21(24)22-18-10-8-9-15(3)17(18)5)23(27(6,25)26)20-13-14(2)11-12-16(20)4/h8-13,19H,7H2,1-6H3,(H,22,24)/t19-/m0/s1. The Bertz CT molecular complexity index is 952. The highest BCUT2D eigenvalue weighted by Crippen LogP contribution is 2.28. The van der Waals surface area contributed by atoms with Gasteiger partial charge in [0.05, 0.1) is 11.9 Å². The number of aryl methyl sites for hydroxylation is 3. The van der Waals surface area contributed by atoms with Gasteiger partial charge in [-0.2, -0.15) is 0 Å². The maximum Gasteiger partial charge on any atom is 0.248 e. The number of anilines is 2. The van der Waals surface area contributed by atoms with E-state index < -0.39 is 16.1 Å². The molecule has 0 aromatic heterocycles. The third-order valence-corrected chi connectivity index (χ3v) is 5.96. The van der Waals surface area contributed by atoms with Crippen molar-refractivity contribution < 1.29 is 13.2 Å². The van der Waals surface area contributed by atoms with Gasteiger partial charge in [-0.1, -0.05) is 31.2 Å². The molecule has 2 aromatic rings. The lowest BCUT2D eigenvalue weighted by Gasteiger charge is -2.31. The maximum atomic E-state index is 13.0. The number of carbonyl (C=O) groups is 1. The van der Waals surface area contributed by atoms with Gasteiger partial charge in [-0.3, -0.25) is 9.10 Å². The number of hydrogen-bond donors (Lipinski definition) is 1. The Kier molecular flexibility index (Phi) is 6.31. The van der Waals surface area contributed by atoms with Crippen molar-refractivity contribution in [2.75, 3.05) is 15.9 Å². The Labute approximate surface area is 162 Å². The second kappa shape index (κ2) is 8.13. The van der Waals surface area contributed by atoms with Crippen molar-refractivity contribution in [2.45, 2.75) is 47.1 Å². The Hall–Kier alpha value is -2.34. The normalized spacial score (nSPS) is 12.5.